The van der Waals surface area contributed by atoms with Crippen LogP contribution in [-0.4, -0.2) is 34.7 Å². The number of rotatable bonds is 7. The van der Waals surface area contributed by atoms with Crippen LogP contribution in [0.2, 0.25) is 0 Å². The molecule has 0 aromatic rings. The summed E-state index contributed by atoms with van der Waals surface area (Å²) in [6, 6.07) is 0. The quantitative estimate of drug-likeness (QED) is 0.215. The SMILES string of the molecule is CC1(C)CC[C@]2(C(=O)NCCCCCC(=O)O)CC[C@]3(C)C(=CCC4[C@@]5(C)CC[C@H](O)C(C)(C)C5CC[C@]43C)C2C1. The number of carboxylic acid groups (broad SMARTS) is 1. The van der Waals surface area contributed by atoms with Crippen molar-refractivity contribution in [2.45, 2.75) is 144 Å². The van der Waals surface area contributed by atoms with Crippen LogP contribution >= 0.6 is 0 Å². The fourth-order valence-electron chi connectivity index (χ4n) is 11.6. The van der Waals surface area contributed by atoms with Crippen molar-refractivity contribution in [2.75, 3.05) is 6.54 Å². The number of hydrogen-bond donors (Lipinski definition) is 3. The second-order valence-electron chi connectivity index (χ2n) is 17.2. The summed E-state index contributed by atoms with van der Waals surface area (Å²) in [5.74, 6) is 0.968. The number of nitrogens with one attached hydrogen (secondary N) is 1. The third-order valence-electron chi connectivity index (χ3n) is 14.4. The normalized spacial score (nSPS) is 44.3. The molecule has 4 fully saturated rings. The zero-order valence-electron chi connectivity index (χ0n) is 27.2. The number of fused-ring (bicyclic) bond motifs is 7. The maximum Gasteiger partial charge on any atom is 0.303 e. The molecule has 5 aliphatic rings. The Labute approximate surface area is 249 Å². The van der Waals surface area contributed by atoms with Crippen molar-refractivity contribution < 1.29 is 19.8 Å². The molecule has 0 bridgehead atoms. The van der Waals surface area contributed by atoms with Gasteiger partial charge in [0, 0.05) is 13.0 Å². The first-order chi connectivity index (χ1) is 19.0. The van der Waals surface area contributed by atoms with Crippen LogP contribution < -0.4 is 5.32 Å². The molecule has 1 amide bonds. The van der Waals surface area contributed by atoms with Gasteiger partial charge >= 0.3 is 5.97 Å². The Morgan fingerprint density at radius 2 is 1.59 bits per heavy atom. The molecule has 41 heavy (non-hydrogen) atoms. The van der Waals surface area contributed by atoms with Gasteiger partial charge in [0.15, 0.2) is 0 Å². The van der Waals surface area contributed by atoms with E-state index >= 15 is 0 Å². The summed E-state index contributed by atoms with van der Waals surface area (Å²) in [4.78, 5) is 25.0. The van der Waals surface area contributed by atoms with Crippen LogP contribution in [0.25, 0.3) is 0 Å². The Morgan fingerprint density at radius 3 is 2.29 bits per heavy atom. The lowest BCUT2D eigenvalue weighted by molar-refractivity contribution is -0.203. The Balaban J connectivity index is 1.43. The highest BCUT2D eigenvalue weighted by Gasteiger charge is 2.69. The molecule has 232 valence electrons. The highest BCUT2D eigenvalue weighted by molar-refractivity contribution is 5.84. The summed E-state index contributed by atoms with van der Waals surface area (Å²) in [5, 5.41) is 23.3. The van der Waals surface area contributed by atoms with Gasteiger partial charge in [-0.15, -0.1) is 0 Å². The lowest BCUT2D eigenvalue weighted by Crippen LogP contribution is -2.65. The van der Waals surface area contributed by atoms with Gasteiger partial charge in [-0.1, -0.05) is 66.5 Å². The third-order valence-corrected chi connectivity index (χ3v) is 14.4. The van der Waals surface area contributed by atoms with Gasteiger partial charge in [0.1, 0.15) is 0 Å². The first-order valence-corrected chi connectivity index (χ1v) is 16.9. The fourth-order valence-corrected chi connectivity index (χ4v) is 11.6. The van der Waals surface area contributed by atoms with Gasteiger partial charge in [0.2, 0.25) is 5.91 Å². The molecule has 0 heterocycles. The lowest BCUT2D eigenvalue weighted by Gasteiger charge is -2.71. The molecule has 3 N–H and O–H groups in total. The summed E-state index contributed by atoms with van der Waals surface area (Å²) >= 11 is 0. The first kappa shape index (κ1) is 31.1. The summed E-state index contributed by atoms with van der Waals surface area (Å²) < 4.78 is 0. The Kier molecular flexibility index (Phi) is 7.86. The van der Waals surface area contributed by atoms with E-state index in [0.717, 1.165) is 64.2 Å². The van der Waals surface area contributed by atoms with E-state index in [0.29, 0.717) is 30.7 Å². The minimum absolute atomic E-state index is 0.0416. The molecule has 0 aliphatic heterocycles. The predicted molar refractivity (Wildman–Crippen MR) is 164 cm³/mol. The van der Waals surface area contributed by atoms with Crippen LogP contribution in [0.5, 0.6) is 0 Å². The predicted octanol–water partition coefficient (Wildman–Crippen LogP) is 7.91. The largest absolute Gasteiger partial charge is 0.481 e. The maximum absolute atomic E-state index is 14.1. The molecular formula is C36H59NO4. The van der Waals surface area contributed by atoms with E-state index in [-0.39, 0.29) is 50.9 Å². The number of unbranched alkanes of at least 4 members (excludes halogenated alkanes) is 2. The second kappa shape index (κ2) is 10.4. The summed E-state index contributed by atoms with van der Waals surface area (Å²) in [7, 11) is 0. The third kappa shape index (κ3) is 4.74. The number of aliphatic carboxylic acids is 1. The molecule has 5 heteroatoms. The number of carboxylic acids is 1. The number of carbonyl (C=O) groups is 2. The highest BCUT2D eigenvalue weighted by Crippen LogP contribution is 2.75. The summed E-state index contributed by atoms with van der Waals surface area (Å²) in [5.41, 5.74) is 2.01. The van der Waals surface area contributed by atoms with Gasteiger partial charge in [-0.3, -0.25) is 9.59 Å². The number of amides is 1. The minimum Gasteiger partial charge on any atom is -0.481 e. The van der Waals surface area contributed by atoms with Crippen molar-refractivity contribution in [3.05, 3.63) is 11.6 Å². The van der Waals surface area contributed by atoms with Crippen molar-refractivity contribution in [3.8, 4) is 0 Å². The molecule has 5 aliphatic carbocycles. The smallest absolute Gasteiger partial charge is 0.303 e. The van der Waals surface area contributed by atoms with E-state index in [1.807, 2.05) is 0 Å². The van der Waals surface area contributed by atoms with Gasteiger partial charge < -0.3 is 15.5 Å². The molecule has 0 radical (unpaired) electrons. The van der Waals surface area contributed by atoms with Crippen molar-refractivity contribution in [2.24, 2.45) is 50.2 Å². The van der Waals surface area contributed by atoms with E-state index in [2.05, 4.69) is 59.9 Å². The van der Waals surface area contributed by atoms with Gasteiger partial charge in [0.25, 0.3) is 0 Å². The average Bonchev–Trinajstić information content (AvgIpc) is 2.88. The molecule has 8 atom stereocenters. The van der Waals surface area contributed by atoms with E-state index in [9.17, 15) is 14.7 Å². The van der Waals surface area contributed by atoms with Crippen molar-refractivity contribution in [1.82, 2.24) is 5.32 Å². The number of aliphatic hydroxyl groups is 1. The Morgan fingerprint density at radius 1 is 0.878 bits per heavy atom. The maximum atomic E-state index is 14.1. The molecule has 0 spiro atoms. The number of aliphatic hydroxyl groups excluding tert-OH is 1. The van der Waals surface area contributed by atoms with Crippen molar-refractivity contribution >= 4 is 11.9 Å². The minimum atomic E-state index is -0.741. The Bertz CT molecular complexity index is 1080. The molecule has 0 aromatic heterocycles. The van der Waals surface area contributed by atoms with Crippen LogP contribution in [0.4, 0.5) is 0 Å². The van der Waals surface area contributed by atoms with Gasteiger partial charge in [0.05, 0.1) is 11.5 Å². The molecule has 0 saturated heterocycles. The standard InChI is InChI=1S/C36H59NO4/c1-31(2)18-20-36(30(41)37-22-10-8-9-11-29(39)40)21-19-34(6)24(25(36)23-31)12-13-27-33(5)16-15-28(38)32(3,4)26(33)14-17-35(27,34)7/h12,25-28,38H,8-11,13-23H2,1-7H3,(H,37,41)(H,39,40)/t25?,26?,27?,28-,33-,34+,35+,36-/m0/s1. The van der Waals surface area contributed by atoms with Crippen LogP contribution in [0, 0.1) is 50.2 Å². The number of hydrogen-bond acceptors (Lipinski definition) is 3. The molecule has 5 nitrogen and oxygen atoms in total. The van der Waals surface area contributed by atoms with E-state index < -0.39 is 5.97 Å². The summed E-state index contributed by atoms with van der Waals surface area (Å²) in [6.45, 7) is 17.8. The van der Waals surface area contributed by atoms with Crippen LogP contribution in [0.1, 0.15) is 138 Å². The zero-order chi connectivity index (χ0) is 30.1. The van der Waals surface area contributed by atoms with Crippen LogP contribution in [0.15, 0.2) is 11.6 Å². The Hall–Kier alpha value is -1.36. The first-order valence-electron chi connectivity index (χ1n) is 16.9. The van der Waals surface area contributed by atoms with Crippen molar-refractivity contribution in [1.29, 1.82) is 0 Å². The van der Waals surface area contributed by atoms with E-state index in [1.54, 1.807) is 5.57 Å². The highest BCUT2D eigenvalue weighted by atomic mass is 16.4. The van der Waals surface area contributed by atoms with Crippen molar-refractivity contribution in [3.63, 3.8) is 0 Å². The summed E-state index contributed by atoms with van der Waals surface area (Å²) in [6.07, 6.45) is 15.8. The second-order valence-corrected chi connectivity index (χ2v) is 17.2. The topological polar surface area (TPSA) is 86.6 Å². The van der Waals surface area contributed by atoms with Gasteiger partial charge in [-0.2, -0.15) is 0 Å². The average molecular weight is 570 g/mol. The molecule has 0 aromatic carbocycles. The van der Waals surface area contributed by atoms with E-state index in [1.165, 1.54) is 12.8 Å². The fraction of sp³-hybridized carbons (Fsp3) is 0.889. The molecule has 4 saturated carbocycles. The number of carbonyl (C=O) groups excluding carboxylic acids is 1. The number of allylic oxidation sites excluding steroid dienone is 2. The zero-order valence-corrected chi connectivity index (χ0v) is 27.2. The lowest BCUT2D eigenvalue weighted by atomic mass is 9.33. The van der Waals surface area contributed by atoms with E-state index in [4.69, 9.17) is 5.11 Å². The van der Waals surface area contributed by atoms with Crippen LogP contribution in [-0.2, 0) is 9.59 Å². The molecule has 5 rings (SSSR count). The van der Waals surface area contributed by atoms with Gasteiger partial charge in [-0.25, -0.2) is 0 Å². The molecule has 3 unspecified atom stereocenters. The molecular weight excluding hydrogens is 510 g/mol. The monoisotopic (exact) mass is 569 g/mol. The van der Waals surface area contributed by atoms with Gasteiger partial charge in [-0.05, 0) is 122 Å². The van der Waals surface area contributed by atoms with Crippen LogP contribution in [0.3, 0.4) is 0 Å².